The number of aliphatic carboxylic acids is 1. The number of hydrogen-bond acceptors (Lipinski definition) is 2. The predicted molar refractivity (Wildman–Crippen MR) is 60.8 cm³/mol. The van der Waals surface area contributed by atoms with Gasteiger partial charge >= 0.3 is 5.97 Å². The van der Waals surface area contributed by atoms with Gasteiger partial charge in [-0.3, -0.25) is 4.79 Å². The van der Waals surface area contributed by atoms with Gasteiger partial charge in [0.1, 0.15) is 5.75 Å². The number of carbonyl (C=O) groups is 1. The highest BCUT2D eigenvalue weighted by Crippen LogP contribution is 2.47. The maximum atomic E-state index is 12.5. The molecular weight excluding hydrogens is 242 g/mol. The van der Waals surface area contributed by atoms with Crippen molar-refractivity contribution in [2.75, 3.05) is 0 Å². The number of carboxylic acid groups (broad SMARTS) is 1. The highest BCUT2D eigenvalue weighted by atomic mass is 19.3. The lowest BCUT2D eigenvalue weighted by Crippen LogP contribution is -2.08. The second kappa shape index (κ2) is 4.92. The number of alkyl halides is 2. The standard InChI is InChI=1S/C13H14F2O3/c14-13(15)8-3-4-9(11(16)5-8)10(6-12(17)18)7-1-2-7/h3-5,7,10,13,16H,1-2,6H2,(H,17,18). The lowest BCUT2D eigenvalue weighted by molar-refractivity contribution is -0.137. The van der Waals surface area contributed by atoms with Crippen LogP contribution in [0.4, 0.5) is 8.78 Å². The Balaban J connectivity index is 2.27. The molecule has 5 heteroatoms. The number of rotatable bonds is 5. The predicted octanol–water partition coefficient (Wildman–Crippen LogP) is 3.30. The number of benzene rings is 1. The van der Waals surface area contributed by atoms with Crippen molar-refractivity contribution in [1.82, 2.24) is 0 Å². The summed E-state index contributed by atoms with van der Waals surface area (Å²) in [5.74, 6) is -1.21. The van der Waals surface area contributed by atoms with E-state index < -0.39 is 12.4 Å². The van der Waals surface area contributed by atoms with Crippen LogP contribution in [-0.4, -0.2) is 16.2 Å². The van der Waals surface area contributed by atoms with E-state index in [2.05, 4.69) is 0 Å². The number of phenols is 1. The van der Waals surface area contributed by atoms with Crippen LogP contribution in [0, 0.1) is 5.92 Å². The van der Waals surface area contributed by atoms with E-state index in [1.165, 1.54) is 12.1 Å². The first-order chi connectivity index (χ1) is 8.49. The van der Waals surface area contributed by atoms with E-state index in [0.29, 0.717) is 5.56 Å². The summed E-state index contributed by atoms with van der Waals surface area (Å²) in [6.07, 6.45) is -0.863. The van der Waals surface area contributed by atoms with E-state index in [-0.39, 0.29) is 29.6 Å². The minimum Gasteiger partial charge on any atom is -0.508 e. The lowest BCUT2D eigenvalue weighted by Gasteiger charge is -2.16. The van der Waals surface area contributed by atoms with Crippen molar-refractivity contribution in [2.45, 2.75) is 31.6 Å². The summed E-state index contributed by atoms with van der Waals surface area (Å²) >= 11 is 0. The fourth-order valence-corrected chi connectivity index (χ4v) is 2.23. The van der Waals surface area contributed by atoms with Crippen LogP contribution in [0.25, 0.3) is 0 Å². The van der Waals surface area contributed by atoms with Crippen molar-refractivity contribution in [3.05, 3.63) is 29.3 Å². The van der Waals surface area contributed by atoms with Crippen LogP contribution in [0.15, 0.2) is 18.2 Å². The Hall–Kier alpha value is -1.65. The maximum absolute atomic E-state index is 12.5. The summed E-state index contributed by atoms with van der Waals surface area (Å²) in [7, 11) is 0. The summed E-state index contributed by atoms with van der Waals surface area (Å²) in [5, 5.41) is 18.6. The second-order valence-electron chi connectivity index (χ2n) is 4.66. The molecule has 0 aliphatic heterocycles. The van der Waals surface area contributed by atoms with Gasteiger partial charge in [0.05, 0.1) is 6.42 Å². The van der Waals surface area contributed by atoms with Crippen molar-refractivity contribution >= 4 is 5.97 Å². The Morgan fingerprint density at radius 3 is 2.50 bits per heavy atom. The molecule has 1 aliphatic carbocycles. The van der Waals surface area contributed by atoms with Crippen LogP contribution in [0.3, 0.4) is 0 Å². The SMILES string of the molecule is O=C(O)CC(c1ccc(C(F)F)cc1O)C1CC1. The Morgan fingerprint density at radius 1 is 1.39 bits per heavy atom. The quantitative estimate of drug-likeness (QED) is 0.849. The van der Waals surface area contributed by atoms with Gasteiger partial charge in [-0.2, -0.15) is 0 Å². The number of hydrogen-bond donors (Lipinski definition) is 2. The Bertz CT molecular complexity index is 456. The first kappa shape index (κ1) is 12.8. The molecule has 0 radical (unpaired) electrons. The normalized spacial score (nSPS) is 16.8. The molecular formula is C13H14F2O3. The summed E-state index contributed by atoms with van der Waals surface area (Å²) in [6.45, 7) is 0. The molecule has 2 rings (SSSR count). The van der Waals surface area contributed by atoms with Gasteiger partial charge in [-0.15, -0.1) is 0 Å². The number of halogens is 2. The zero-order valence-corrected chi connectivity index (χ0v) is 9.64. The van der Waals surface area contributed by atoms with Crippen molar-refractivity contribution in [3.8, 4) is 5.75 Å². The fourth-order valence-electron chi connectivity index (χ4n) is 2.23. The monoisotopic (exact) mass is 256 g/mol. The molecule has 1 aliphatic rings. The third-order valence-corrected chi connectivity index (χ3v) is 3.29. The van der Waals surface area contributed by atoms with Crippen LogP contribution >= 0.6 is 0 Å². The van der Waals surface area contributed by atoms with Gasteiger partial charge in [-0.05, 0) is 30.4 Å². The van der Waals surface area contributed by atoms with Crippen LogP contribution in [0.1, 0.15) is 42.7 Å². The highest BCUT2D eigenvalue weighted by Gasteiger charge is 2.35. The topological polar surface area (TPSA) is 57.5 Å². The Labute approximate surface area is 103 Å². The van der Waals surface area contributed by atoms with E-state index >= 15 is 0 Å². The number of carboxylic acids is 1. The Kier molecular flexibility index (Phi) is 3.50. The van der Waals surface area contributed by atoms with Gasteiger partial charge in [-0.1, -0.05) is 12.1 Å². The molecule has 0 amide bonds. The molecule has 1 aromatic rings. The fraction of sp³-hybridized carbons (Fsp3) is 0.462. The molecule has 1 fully saturated rings. The van der Waals surface area contributed by atoms with E-state index in [4.69, 9.17) is 5.11 Å². The van der Waals surface area contributed by atoms with Crippen molar-refractivity contribution in [1.29, 1.82) is 0 Å². The molecule has 0 heterocycles. The Morgan fingerprint density at radius 2 is 2.06 bits per heavy atom. The smallest absolute Gasteiger partial charge is 0.303 e. The average molecular weight is 256 g/mol. The molecule has 0 bridgehead atoms. The van der Waals surface area contributed by atoms with Crippen LogP contribution in [-0.2, 0) is 4.79 Å². The van der Waals surface area contributed by atoms with E-state index in [1.807, 2.05) is 0 Å². The molecule has 3 nitrogen and oxygen atoms in total. The second-order valence-corrected chi connectivity index (χ2v) is 4.66. The minimum atomic E-state index is -2.64. The van der Waals surface area contributed by atoms with Crippen LogP contribution in [0.2, 0.25) is 0 Å². The molecule has 0 aromatic heterocycles. The zero-order chi connectivity index (χ0) is 13.3. The largest absolute Gasteiger partial charge is 0.508 e. The van der Waals surface area contributed by atoms with Crippen molar-refractivity contribution < 1.29 is 23.8 Å². The maximum Gasteiger partial charge on any atom is 0.303 e. The molecule has 0 saturated heterocycles. The van der Waals surface area contributed by atoms with Crippen LogP contribution < -0.4 is 0 Å². The summed E-state index contributed by atoms with van der Waals surface area (Å²) in [6, 6.07) is 3.69. The van der Waals surface area contributed by atoms with Gasteiger partial charge in [0.2, 0.25) is 0 Å². The number of aromatic hydroxyl groups is 1. The lowest BCUT2D eigenvalue weighted by atomic mass is 9.89. The third kappa shape index (κ3) is 2.78. The van der Waals surface area contributed by atoms with Gasteiger partial charge in [0.15, 0.2) is 0 Å². The summed E-state index contributed by atoms with van der Waals surface area (Å²) in [5.41, 5.74) is 0.213. The highest BCUT2D eigenvalue weighted by molar-refractivity contribution is 5.68. The average Bonchev–Trinajstić information content (AvgIpc) is 3.09. The van der Waals surface area contributed by atoms with Gasteiger partial charge < -0.3 is 10.2 Å². The zero-order valence-electron chi connectivity index (χ0n) is 9.64. The van der Waals surface area contributed by atoms with Crippen LogP contribution in [0.5, 0.6) is 5.75 Å². The van der Waals surface area contributed by atoms with Crippen molar-refractivity contribution in [3.63, 3.8) is 0 Å². The molecule has 1 saturated carbocycles. The van der Waals surface area contributed by atoms with E-state index in [0.717, 1.165) is 18.9 Å². The minimum absolute atomic E-state index is 0.0771. The molecule has 1 atom stereocenters. The molecule has 1 unspecified atom stereocenters. The first-order valence-corrected chi connectivity index (χ1v) is 5.81. The molecule has 98 valence electrons. The van der Waals surface area contributed by atoms with Crippen molar-refractivity contribution in [2.24, 2.45) is 5.92 Å². The van der Waals surface area contributed by atoms with E-state index in [9.17, 15) is 18.7 Å². The molecule has 0 spiro atoms. The summed E-state index contributed by atoms with van der Waals surface area (Å²) < 4.78 is 24.9. The van der Waals surface area contributed by atoms with E-state index in [1.54, 1.807) is 0 Å². The molecule has 18 heavy (non-hydrogen) atoms. The third-order valence-electron chi connectivity index (χ3n) is 3.29. The van der Waals surface area contributed by atoms with Gasteiger partial charge in [-0.25, -0.2) is 8.78 Å². The van der Waals surface area contributed by atoms with Gasteiger partial charge in [0, 0.05) is 11.5 Å². The molecule has 1 aromatic carbocycles. The number of phenolic OH excluding ortho intramolecular Hbond substituents is 1. The summed E-state index contributed by atoms with van der Waals surface area (Å²) in [4.78, 5) is 10.8. The first-order valence-electron chi connectivity index (χ1n) is 5.81. The van der Waals surface area contributed by atoms with Gasteiger partial charge in [0.25, 0.3) is 6.43 Å². The molecule has 2 N–H and O–H groups in total.